The average molecular weight is 586 g/mol. The van der Waals surface area contributed by atoms with Crippen LogP contribution in [0.3, 0.4) is 0 Å². The minimum Gasteiger partial charge on any atom is -0.672 e. The summed E-state index contributed by atoms with van der Waals surface area (Å²) in [7, 11) is -3.87. The average Bonchev–Trinajstić information content (AvgIpc) is 2.83. The minimum absolute atomic E-state index is 0. The van der Waals surface area contributed by atoms with Gasteiger partial charge >= 0.3 is 19.5 Å². The molecule has 6 heteroatoms. The van der Waals surface area contributed by atoms with E-state index in [4.69, 9.17) is 5.73 Å². The first-order valence-corrected chi connectivity index (χ1v) is 13.0. The van der Waals surface area contributed by atoms with Crippen LogP contribution in [0, 0.1) is 43.9 Å². The first kappa shape index (κ1) is 30.4. The van der Waals surface area contributed by atoms with E-state index in [9.17, 15) is 8.42 Å². The van der Waals surface area contributed by atoms with Gasteiger partial charge in [0.15, 0.2) is 0 Å². The number of benzene rings is 3. The van der Waals surface area contributed by atoms with Gasteiger partial charge in [0.05, 0.1) is 0 Å². The monoisotopic (exact) mass is 586 g/mol. The van der Waals surface area contributed by atoms with Crippen LogP contribution < -0.4 is 0 Å². The third-order valence-corrected chi connectivity index (χ3v) is 6.93. The Balaban J connectivity index is 0.000000386. The van der Waals surface area contributed by atoms with Gasteiger partial charge in [-0.3, -0.25) is 0 Å². The molecule has 188 valence electrons. The van der Waals surface area contributed by atoms with Crippen molar-refractivity contribution < 1.29 is 27.9 Å². The first-order chi connectivity index (χ1) is 16.7. The van der Waals surface area contributed by atoms with Crippen molar-refractivity contribution >= 4 is 10.0 Å². The zero-order chi connectivity index (χ0) is 25.4. The van der Waals surface area contributed by atoms with Gasteiger partial charge < -0.3 is 10.5 Å². The Morgan fingerprint density at radius 1 is 0.639 bits per heavy atom. The maximum Gasteiger partial charge on any atom is 2.00 e. The van der Waals surface area contributed by atoms with Crippen molar-refractivity contribution in [2.45, 2.75) is 44.7 Å². The summed E-state index contributed by atoms with van der Waals surface area (Å²) in [5, 5.41) is 0. The largest absolute Gasteiger partial charge is 2.00 e. The number of aryl methyl sites for hydroxylation is 1. The molecule has 0 aromatic heterocycles. The smallest absolute Gasteiger partial charge is 0.672 e. The summed E-state index contributed by atoms with van der Waals surface area (Å²) >= 11 is 0. The quantitative estimate of drug-likeness (QED) is 0.275. The van der Waals surface area contributed by atoms with Gasteiger partial charge in [0, 0.05) is 4.90 Å². The Labute approximate surface area is 230 Å². The molecule has 4 nitrogen and oxygen atoms in total. The van der Waals surface area contributed by atoms with Crippen LogP contribution >= 0.6 is 0 Å². The molecule has 1 aliphatic carbocycles. The van der Waals surface area contributed by atoms with Crippen molar-refractivity contribution in [3.63, 3.8) is 0 Å². The standard InChI is InChI=1S/C21H20N2O2S.C9H12.Ru/c1-16-12-14-19(15-13-16)26(24,25)23-21(18-10-6-3-7-11-18)20(22)17-8-4-2-5-9-17;1-7-4-8(2)6-9(3)5-7;/h2-15,20-22H,1H3;4-6H,1-3H3;/q-2;;+2/t20-,21-;;/m0../s1. The second-order valence-electron chi connectivity index (χ2n) is 8.80. The van der Waals surface area contributed by atoms with E-state index in [1.807, 2.05) is 67.6 Å². The van der Waals surface area contributed by atoms with Gasteiger partial charge in [-0.25, -0.2) is 8.42 Å². The van der Waals surface area contributed by atoms with E-state index in [0.717, 1.165) is 11.1 Å². The molecular weight excluding hydrogens is 553 g/mol. The number of hydrogen-bond donors (Lipinski definition) is 0. The Morgan fingerprint density at radius 2 is 1.06 bits per heavy atom. The molecule has 0 amide bonds. The van der Waals surface area contributed by atoms with Crippen LogP contribution in [0.2, 0.25) is 0 Å². The molecule has 1 fully saturated rings. The van der Waals surface area contributed by atoms with Crippen LogP contribution in [0.5, 0.6) is 0 Å². The Morgan fingerprint density at radius 3 is 1.50 bits per heavy atom. The van der Waals surface area contributed by atoms with Crippen molar-refractivity contribution in [1.82, 2.24) is 0 Å². The molecule has 0 spiro atoms. The van der Waals surface area contributed by atoms with Gasteiger partial charge in [-0.2, -0.15) is 0 Å². The molecule has 0 unspecified atom stereocenters. The molecule has 1 aliphatic rings. The van der Waals surface area contributed by atoms with Crippen molar-refractivity contribution in [1.29, 1.82) is 0 Å². The fourth-order valence-corrected chi connectivity index (χ4v) is 5.07. The molecule has 0 aliphatic heterocycles. The maximum absolute atomic E-state index is 12.8. The Bertz CT molecular complexity index is 1110. The second-order valence-corrected chi connectivity index (χ2v) is 10.4. The van der Waals surface area contributed by atoms with Gasteiger partial charge in [-0.15, -0.1) is 12.1 Å². The van der Waals surface area contributed by atoms with Gasteiger partial charge in [-0.05, 0) is 56.1 Å². The molecular formula is C30H32N2O2RuS. The van der Waals surface area contributed by atoms with Crippen LogP contribution in [-0.2, 0) is 29.5 Å². The molecule has 0 heterocycles. The molecule has 1 N–H and O–H groups in total. The van der Waals surface area contributed by atoms with E-state index in [1.165, 1.54) is 17.8 Å². The predicted octanol–water partition coefficient (Wildman–Crippen LogP) is 7.99. The predicted molar refractivity (Wildman–Crippen MR) is 144 cm³/mol. The van der Waals surface area contributed by atoms with Crippen LogP contribution in [0.15, 0.2) is 89.8 Å². The summed E-state index contributed by atoms with van der Waals surface area (Å²) in [5.74, 6) is 4.06. The molecule has 3 aromatic rings. The maximum atomic E-state index is 12.8. The van der Waals surface area contributed by atoms with Gasteiger partial charge in [0.1, 0.15) is 10.0 Å². The summed E-state index contributed by atoms with van der Waals surface area (Å²) in [5.41, 5.74) is 11.0. The minimum atomic E-state index is -3.87. The molecule has 0 bridgehead atoms. The van der Waals surface area contributed by atoms with Crippen LogP contribution in [-0.4, -0.2) is 8.42 Å². The summed E-state index contributed by atoms with van der Waals surface area (Å²) < 4.78 is 29.8. The number of hydrogen-bond acceptors (Lipinski definition) is 2. The summed E-state index contributed by atoms with van der Waals surface area (Å²) in [6, 6.07) is 23.3. The molecule has 36 heavy (non-hydrogen) atoms. The first-order valence-electron chi connectivity index (χ1n) is 11.6. The van der Waals surface area contributed by atoms with Crippen molar-refractivity contribution in [2.75, 3.05) is 0 Å². The van der Waals surface area contributed by atoms with Crippen molar-refractivity contribution in [3.05, 3.63) is 149 Å². The summed E-state index contributed by atoms with van der Waals surface area (Å²) in [6.07, 6.45) is 6.56. The van der Waals surface area contributed by atoms with E-state index >= 15 is 0 Å². The molecule has 4 rings (SSSR count). The second kappa shape index (κ2) is 14.2. The van der Waals surface area contributed by atoms with Crippen molar-refractivity contribution in [2.24, 2.45) is 0 Å². The molecule has 0 saturated heterocycles. The molecule has 6 radical (unpaired) electrons. The molecule has 3 aromatic carbocycles. The Kier molecular flexibility index (Phi) is 12.0. The zero-order valence-corrected chi connectivity index (χ0v) is 23.5. The van der Waals surface area contributed by atoms with Crippen molar-refractivity contribution in [3.8, 4) is 0 Å². The van der Waals surface area contributed by atoms with Crippen LogP contribution in [0.4, 0.5) is 0 Å². The number of nitrogens with one attached hydrogen (secondary N) is 1. The molecule has 1 saturated carbocycles. The van der Waals surface area contributed by atoms with Gasteiger partial charge in [0.2, 0.25) is 0 Å². The topological polar surface area (TPSA) is 72.0 Å². The Hall–Kier alpha value is -1.85. The van der Waals surface area contributed by atoms with Crippen LogP contribution in [0.25, 0.3) is 10.5 Å². The third-order valence-electron chi connectivity index (χ3n) is 5.55. The zero-order valence-electron chi connectivity index (χ0n) is 21.0. The SMILES string of the molecule is C[C]1[CH][C](C)[CH][C](C)[CH]1.Cc1ccc(S(=O)(=O)[N-][C@@H](c2ccccc2)[C@@H]([NH-])c2ccccc2)cc1.[Ru+2]. The van der Waals surface area contributed by atoms with E-state index in [1.54, 1.807) is 24.3 Å². The fourth-order valence-electron chi connectivity index (χ4n) is 3.93. The van der Waals surface area contributed by atoms with E-state index in [0.29, 0.717) is 5.56 Å². The van der Waals surface area contributed by atoms with E-state index in [2.05, 4.69) is 44.8 Å². The van der Waals surface area contributed by atoms with Gasteiger partial charge in [-0.1, -0.05) is 110 Å². The normalized spacial score (nSPS) is 16.8. The van der Waals surface area contributed by atoms with Crippen LogP contribution in [0.1, 0.15) is 49.5 Å². The molecule has 2 atom stereocenters. The fraction of sp³-hybridized carbons (Fsp3) is 0.200. The van der Waals surface area contributed by atoms with E-state index in [-0.39, 0.29) is 24.4 Å². The summed E-state index contributed by atoms with van der Waals surface area (Å²) in [6.45, 7) is 8.27. The third kappa shape index (κ3) is 8.92. The van der Waals surface area contributed by atoms with E-state index < -0.39 is 22.1 Å². The number of nitrogens with zero attached hydrogens (tertiary/aromatic N) is 1. The van der Waals surface area contributed by atoms with Gasteiger partial charge in [0.25, 0.3) is 0 Å². The number of sulfonamides is 1. The number of rotatable bonds is 6. The summed E-state index contributed by atoms with van der Waals surface area (Å²) in [4.78, 5) is 0.143.